The van der Waals surface area contributed by atoms with Crippen LogP contribution in [0.1, 0.15) is 52.1 Å². The topological polar surface area (TPSA) is 110 Å². The fourth-order valence-corrected chi connectivity index (χ4v) is 3.83. The van der Waals surface area contributed by atoms with E-state index < -0.39 is 11.6 Å². The van der Waals surface area contributed by atoms with Gasteiger partial charge in [0, 0.05) is 28.8 Å². The lowest BCUT2D eigenvalue weighted by molar-refractivity contribution is -0.112. The van der Waals surface area contributed by atoms with E-state index in [1.807, 2.05) is 50.3 Å². The molecule has 1 aliphatic carbocycles. The van der Waals surface area contributed by atoms with Gasteiger partial charge in [0.15, 0.2) is 5.78 Å². The molecule has 0 aromatic heterocycles. The Hall–Kier alpha value is -4.91. The molecule has 3 aromatic rings. The number of aliphatic hydroxyl groups is 1. The first kappa shape index (κ1) is 28.7. The van der Waals surface area contributed by atoms with Gasteiger partial charge in [-0.2, -0.15) is 0 Å². The Balaban J connectivity index is 0.000000218. The van der Waals surface area contributed by atoms with Crippen LogP contribution in [0.5, 0.6) is 17.2 Å². The Bertz CT molecular complexity index is 1470. The number of methoxy groups -OCH3 is 2. The molecule has 2 N–H and O–H groups in total. The third-order valence-corrected chi connectivity index (χ3v) is 5.89. The van der Waals surface area contributed by atoms with Gasteiger partial charge in [-0.1, -0.05) is 72.3 Å². The van der Waals surface area contributed by atoms with Crippen LogP contribution in [-0.2, 0) is 4.79 Å². The van der Waals surface area contributed by atoms with E-state index in [1.165, 1.54) is 26.4 Å². The maximum atomic E-state index is 12.3. The van der Waals surface area contributed by atoms with Crippen molar-refractivity contribution < 1.29 is 34.1 Å². The summed E-state index contributed by atoms with van der Waals surface area (Å²) in [5.41, 5.74) is 2.96. The van der Waals surface area contributed by atoms with Crippen LogP contribution < -0.4 is 9.47 Å². The molecule has 200 valence electrons. The molecule has 0 fully saturated rings. The molecule has 0 spiro atoms. The minimum absolute atomic E-state index is 0.0762. The molecule has 0 atom stereocenters. The predicted octanol–water partition coefficient (Wildman–Crippen LogP) is 6.38. The number of phenols is 1. The molecule has 0 bridgehead atoms. The van der Waals surface area contributed by atoms with Crippen LogP contribution >= 0.6 is 0 Å². The molecule has 0 unspecified atom stereocenters. The smallest absolute Gasteiger partial charge is 0.234 e. The quantitative estimate of drug-likeness (QED) is 0.159. The Kier molecular flexibility index (Phi) is 9.59. The molecule has 7 nitrogen and oxygen atoms in total. The minimum atomic E-state index is -0.608. The third kappa shape index (κ3) is 6.90. The number of benzene rings is 3. The van der Waals surface area contributed by atoms with Gasteiger partial charge in [-0.25, -0.2) is 0 Å². The highest BCUT2D eigenvalue weighted by Gasteiger charge is 2.31. The summed E-state index contributed by atoms with van der Waals surface area (Å²) >= 11 is 0. The standard InChI is InChI=1S/C17H16O4.C15H14O3/c1-20-13-10-15(19)17(16(11-13)21-2)14(18)9-8-12-6-4-3-5-7-12;1-9(2)7-8-12-13(16)10-5-3-4-6-11(10)14(17)15(12)18/h3-11,19H,1-2H3;3-7,16H,8H2,1-2H3. The molecule has 3 aromatic carbocycles. The number of ketones is 3. The highest BCUT2D eigenvalue weighted by Crippen LogP contribution is 2.34. The highest BCUT2D eigenvalue weighted by atomic mass is 16.5. The van der Waals surface area contributed by atoms with Crippen LogP contribution in [0.2, 0.25) is 0 Å². The lowest BCUT2D eigenvalue weighted by atomic mass is 9.87. The van der Waals surface area contributed by atoms with E-state index in [9.17, 15) is 24.6 Å². The van der Waals surface area contributed by atoms with Gasteiger partial charge in [0.25, 0.3) is 0 Å². The zero-order chi connectivity index (χ0) is 28.5. The minimum Gasteiger partial charge on any atom is -0.507 e. The summed E-state index contributed by atoms with van der Waals surface area (Å²) in [6, 6.07) is 19.0. The summed E-state index contributed by atoms with van der Waals surface area (Å²) in [5.74, 6) is -1.04. The van der Waals surface area contributed by atoms with Gasteiger partial charge in [-0.05, 0) is 31.9 Å². The van der Waals surface area contributed by atoms with Crippen molar-refractivity contribution in [1.82, 2.24) is 0 Å². The summed E-state index contributed by atoms with van der Waals surface area (Å²) in [6.07, 6.45) is 5.20. The van der Waals surface area contributed by atoms with E-state index in [1.54, 1.807) is 36.4 Å². The third-order valence-electron chi connectivity index (χ3n) is 5.89. The first-order valence-electron chi connectivity index (χ1n) is 12.1. The number of rotatable bonds is 7. The van der Waals surface area contributed by atoms with Crippen molar-refractivity contribution in [3.63, 3.8) is 0 Å². The van der Waals surface area contributed by atoms with Crippen LogP contribution in [-0.4, -0.2) is 41.8 Å². The lowest BCUT2D eigenvalue weighted by Crippen LogP contribution is -2.23. The average molecular weight is 527 g/mol. The van der Waals surface area contributed by atoms with Crippen LogP contribution in [0.3, 0.4) is 0 Å². The molecule has 4 rings (SSSR count). The normalized spacial score (nSPS) is 12.4. The first-order chi connectivity index (χ1) is 18.7. The van der Waals surface area contributed by atoms with E-state index in [4.69, 9.17) is 9.47 Å². The second kappa shape index (κ2) is 13.1. The number of allylic oxidation sites excluding steroid dienone is 4. The molecular formula is C32H30O7. The molecule has 0 radical (unpaired) electrons. The van der Waals surface area contributed by atoms with E-state index in [2.05, 4.69) is 0 Å². The lowest BCUT2D eigenvalue weighted by Gasteiger charge is -2.16. The van der Waals surface area contributed by atoms with Gasteiger partial charge in [-0.3, -0.25) is 14.4 Å². The first-order valence-corrected chi connectivity index (χ1v) is 12.1. The Labute approximate surface area is 227 Å². The van der Waals surface area contributed by atoms with Crippen LogP contribution in [0.15, 0.2) is 90.0 Å². The SMILES string of the molecule is CC(C)=CCC1=C(O)c2ccccc2C(=O)C1=O.COc1cc(O)c(C(=O)C=Cc2ccccc2)c(OC)c1. The van der Waals surface area contributed by atoms with Gasteiger partial charge in [-0.15, -0.1) is 0 Å². The maximum absolute atomic E-state index is 12.3. The number of carbonyl (C=O) groups excluding carboxylic acids is 3. The van der Waals surface area contributed by atoms with Crippen molar-refractivity contribution in [3.05, 3.63) is 112 Å². The van der Waals surface area contributed by atoms with E-state index in [0.29, 0.717) is 11.3 Å². The summed E-state index contributed by atoms with van der Waals surface area (Å²) < 4.78 is 10.2. The van der Waals surface area contributed by atoms with Gasteiger partial charge in [0.1, 0.15) is 28.6 Å². The molecule has 1 aliphatic rings. The molecule has 0 amide bonds. The number of fused-ring (bicyclic) bond motifs is 1. The number of ether oxygens (including phenoxy) is 2. The van der Waals surface area contributed by atoms with Crippen molar-refractivity contribution in [2.24, 2.45) is 0 Å². The monoisotopic (exact) mass is 526 g/mol. The van der Waals surface area contributed by atoms with Crippen molar-refractivity contribution in [1.29, 1.82) is 0 Å². The average Bonchev–Trinajstić information content (AvgIpc) is 2.95. The van der Waals surface area contributed by atoms with E-state index in [0.717, 1.165) is 11.1 Å². The van der Waals surface area contributed by atoms with Gasteiger partial charge in [0.05, 0.1) is 14.2 Å². The molecule has 0 heterocycles. The zero-order valence-electron chi connectivity index (χ0n) is 22.2. The number of phenolic OH excluding ortho intramolecular Hbond substituents is 1. The second-order valence-corrected chi connectivity index (χ2v) is 8.85. The number of aromatic hydroxyl groups is 1. The fraction of sp³-hybridized carbons (Fsp3) is 0.156. The molecule has 39 heavy (non-hydrogen) atoms. The number of carbonyl (C=O) groups is 3. The van der Waals surface area contributed by atoms with Crippen LogP contribution in [0, 0.1) is 0 Å². The highest BCUT2D eigenvalue weighted by molar-refractivity contribution is 6.52. The molecule has 0 saturated carbocycles. The predicted molar refractivity (Wildman–Crippen MR) is 150 cm³/mol. The maximum Gasteiger partial charge on any atom is 0.234 e. The molecule has 7 heteroatoms. The molecule has 0 saturated heterocycles. The largest absolute Gasteiger partial charge is 0.507 e. The van der Waals surface area contributed by atoms with Crippen molar-refractivity contribution in [2.75, 3.05) is 14.2 Å². The number of aliphatic hydroxyl groups excluding tert-OH is 1. The number of Topliss-reactive ketones (excluding diaryl/α,β-unsaturated/α-hetero) is 2. The second-order valence-electron chi connectivity index (χ2n) is 8.85. The van der Waals surface area contributed by atoms with Gasteiger partial charge in [0.2, 0.25) is 11.6 Å². The Morgan fingerprint density at radius 3 is 2.10 bits per heavy atom. The number of hydrogen-bond acceptors (Lipinski definition) is 7. The summed E-state index contributed by atoms with van der Waals surface area (Å²) in [7, 11) is 2.91. The van der Waals surface area contributed by atoms with Gasteiger partial charge < -0.3 is 19.7 Å². The van der Waals surface area contributed by atoms with E-state index in [-0.39, 0.29) is 46.2 Å². The zero-order valence-corrected chi connectivity index (χ0v) is 22.2. The van der Waals surface area contributed by atoms with Crippen LogP contribution in [0.25, 0.3) is 11.8 Å². The van der Waals surface area contributed by atoms with Crippen molar-refractivity contribution in [3.8, 4) is 17.2 Å². The summed E-state index contributed by atoms with van der Waals surface area (Å²) in [4.78, 5) is 36.1. The summed E-state index contributed by atoms with van der Waals surface area (Å²) in [6.45, 7) is 3.81. The van der Waals surface area contributed by atoms with Crippen LogP contribution in [0.4, 0.5) is 0 Å². The van der Waals surface area contributed by atoms with Crippen molar-refractivity contribution >= 4 is 29.2 Å². The Morgan fingerprint density at radius 2 is 1.49 bits per heavy atom. The molecule has 0 aliphatic heterocycles. The summed E-state index contributed by atoms with van der Waals surface area (Å²) in [5, 5.41) is 20.1. The Morgan fingerprint density at radius 1 is 0.846 bits per heavy atom. The molecular weight excluding hydrogens is 496 g/mol. The van der Waals surface area contributed by atoms with E-state index >= 15 is 0 Å². The fourth-order valence-electron chi connectivity index (χ4n) is 3.83. The van der Waals surface area contributed by atoms with Gasteiger partial charge >= 0.3 is 0 Å². The van der Waals surface area contributed by atoms with Crippen molar-refractivity contribution in [2.45, 2.75) is 20.3 Å². The number of hydrogen-bond donors (Lipinski definition) is 2.